The molecule has 0 bridgehead atoms. The highest BCUT2D eigenvalue weighted by atomic mass is 127. The molecule has 2 amide bonds. The number of carbonyl (C=O) groups excluding carboxylic acids is 2. The third-order valence-corrected chi connectivity index (χ3v) is 5.56. The normalized spacial score (nSPS) is 15.4. The van der Waals surface area contributed by atoms with Gasteiger partial charge in [-0.05, 0) is 69.8 Å². The van der Waals surface area contributed by atoms with Crippen LogP contribution in [-0.2, 0) is 11.3 Å². The van der Waals surface area contributed by atoms with Crippen LogP contribution in [0, 0.1) is 14.9 Å². The lowest BCUT2D eigenvalue weighted by Crippen LogP contribution is -2.27. The lowest BCUT2D eigenvalue weighted by Gasteiger charge is -2.13. The maximum absolute atomic E-state index is 12.6. The fraction of sp³-hybridized carbons (Fsp3) is 0.105. The van der Waals surface area contributed by atoms with Gasteiger partial charge in [-0.2, -0.15) is 5.26 Å². The Morgan fingerprint density at radius 1 is 1.27 bits per heavy atom. The van der Waals surface area contributed by atoms with Crippen molar-refractivity contribution < 1.29 is 14.3 Å². The summed E-state index contributed by atoms with van der Waals surface area (Å²) in [6, 6.07) is 14.6. The van der Waals surface area contributed by atoms with Crippen molar-refractivity contribution in [2.24, 2.45) is 0 Å². The van der Waals surface area contributed by atoms with Gasteiger partial charge in [0.15, 0.2) is 0 Å². The number of amides is 2. The number of ether oxygens (including phenoxy) is 1. The summed E-state index contributed by atoms with van der Waals surface area (Å²) in [5, 5.41) is 8.84. The Morgan fingerprint density at radius 2 is 2.04 bits per heavy atom. The molecule has 1 fully saturated rings. The van der Waals surface area contributed by atoms with Crippen LogP contribution in [0.4, 0.5) is 4.79 Å². The molecular formula is C19H13IN2O3S. The monoisotopic (exact) mass is 476 g/mol. The van der Waals surface area contributed by atoms with E-state index in [4.69, 9.17) is 4.74 Å². The molecule has 7 heteroatoms. The van der Waals surface area contributed by atoms with Gasteiger partial charge >= 0.3 is 0 Å². The summed E-state index contributed by atoms with van der Waals surface area (Å²) in [5.41, 5.74) is 1.93. The van der Waals surface area contributed by atoms with Gasteiger partial charge in [-0.15, -0.1) is 0 Å². The molecule has 0 unspecified atom stereocenters. The van der Waals surface area contributed by atoms with Crippen LogP contribution in [0.5, 0.6) is 5.75 Å². The third-order valence-electron chi connectivity index (χ3n) is 3.81. The van der Waals surface area contributed by atoms with Crippen molar-refractivity contribution in [1.29, 1.82) is 5.26 Å². The fourth-order valence-electron chi connectivity index (χ4n) is 2.50. The Bertz CT molecular complexity index is 965. The van der Waals surface area contributed by atoms with Gasteiger partial charge in [0.1, 0.15) is 5.75 Å². The van der Waals surface area contributed by atoms with Gasteiger partial charge in [-0.25, -0.2) is 0 Å². The van der Waals surface area contributed by atoms with Crippen molar-refractivity contribution in [3.05, 3.63) is 67.6 Å². The summed E-state index contributed by atoms with van der Waals surface area (Å²) in [7, 11) is 1.60. The minimum atomic E-state index is -0.349. The summed E-state index contributed by atoms with van der Waals surface area (Å²) < 4.78 is 6.14. The number of methoxy groups -OCH3 is 1. The Balaban J connectivity index is 1.85. The van der Waals surface area contributed by atoms with E-state index in [1.807, 2.05) is 18.2 Å². The van der Waals surface area contributed by atoms with Crippen LogP contribution >= 0.6 is 34.4 Å². The second-order valence-electron chi connectivity index (χ2n) is 5.43. The highest BCUT2D eigenvalue weighted by Crippen LogP contribution is 2.34. The Kier molecular flexibility index (Phi) is 5.64. The van der Waals surface area contributed by atoms with Gasteiger partial charge < -0.3 is 4.74 Å². The minimum absolute atomic E-state index is 0.0892. The number of hydrogen-bond donors (Lipinski definition) is 0. The first kappa shape index (κ1) is 18.5. The van der Waals surface area contributed by atoms with E-state index in [1.54, 1.807) is 37.5 Å². The molecule has 1 heterocycles. The van der Waals surface area contributed by atoms with Gasteiger partial charge in [-0.3, -0.25) is 14.5 Å². The van der Waals surface area contributed by atoms with Gasteiger partial charge in [-0.1, -0.05) is 24.3 Å². The standard InChI is InChI=1S/C19H13IN2O3S/c1-25-16-7-6-12(8-15(16)20)9-17-18(23)22(19(24)26-17)11-14-5-3-2-4-13(14)10-21/h2-9H,11H2,1H3/b17-9+. The molecule has 0 aromatic heterocycles. The van der Waals surface area contributed by atoms with Crippen LogP contribution in [-0.4, -0.2) is 23.2 Å². The average Bonchev–Trinajstić information content (AvgIpc) is 2.90. The Hall–Kier alpha value is -2.31. The average molecular weight is 476 g/mol. The summed E-state index contributed by atoms with van der Waals surface area (Å²) in [4.78, 5) is 26.5. The first-order chi connectivity index (χ1) is 12.5. The molecule has 0 N–H and O–H groups in total. The maximum Gasteiger partial charge on any atom is 0.293 e. The van der Waals surface area contributed by atoms with E-state index in [0.29, 0.717) is 16.0 Å². The van der Waals surface area contributed by atoms with Crippen LogP contribution in [0.2, 0.25) is 0 Å². The molecule has 0 spiro atoms. The van der Waals surface area contributed by atoms with Gasteiger partial charge in [0.25, 0.3) is 11.1 Å². The van der Waals surface area contributed by atoms with E-state index in [-0.39, 0.29) is 17.7 Å². The molecule has 0 aliphatic carbocycles. The second kappa shape index (κ2) is 7.93. The highest BCUT2D eigenvalue weighted by molar-refractivity contribution is 14.1. The molecular weight excluding hydrogens is 463 g/mol. The molecule has 2 aromatic carbocycles. The Labute approximate surface area is 168 Å². The van der Waals surface area contributed by atoms with Crippen molar-refractivity contribution in [2.45, 2.75) is 6.54 Å². The summed E-state index contributed by atoms with van der Waals surface area (Å²) in [6.45, 7) is 0.0892. The van der Waals surface area contributed by atoms with Gasteiger partial charge in [0.2, 0.25) is 0 Å². The number of nitrogens with zero attached hydrogens (tertiary/aromatic N) is 2. The number of carbonyl (C=O) groups is 2. The molecule has 5 nitrogen and oxygen atoms in total. The van der Waals surface area contributed by atoms with Crippen molar-refractivity contribution >= 4 is 51.6 Å². The zero-order valence-electron chi connectivity index (χ0n) is 13.7. The number of benzene rings is 2. The number of thioether (sulfide) groups is 1. The number of nitriles is 1. The largest absolute Gasteiger partial charge is 0.496 e. The van der Waals surface area contributed by atoms with Crippen LogP contribution < -0.4 is 4.74 Å². The number of halogens is 1. The van der Waals surface area contributed by atoms with E-state index in [1.165, 1.54) is 4.90 Å². The summed E-state index contributed by atoms with van der Waals surface area (Å²) in [5.74, 6) is 0.405. The molecule has 1 aliphatic rings. The number of hydrogen-bond acceptors (Lipinski definition) is 5. The number of imide groups is 1. The van der Waals surface area contributed by atoms with E-state index in [2.05, 4.69) is 28.7 Å². The second-order valence-corrected chi connectivity index (χ2v) is 7.59. The molecule has 130 valence electrons. The van der Waals surface area contributed by atoms with E-state index < -0.39 is 0 Å². The Morgan fingerprint density at radius 3 is 2.73 bits per heavy atom. The minimum Gasteiger partial charge on any atom is -0.496 e. The third kappa shape index (κ3) is 3.76. The molecule has 2 aromatic rings. The predicted octanol–water partition coefficient (Wildman–Crippen LogP) is 4.41. The lowest BCUT2D eigenvalue weighted by molar-refractivity contribution is -0.123. The fourth-order valence-corrected chi connectivity index (χ4v) is 4.10. The lowest BCUT2D eigenvalue weighted by atomic mass is 10.1. The van der Waals surface area contributed by atoms with E-state index >= 15 is 0 Å². The van der Waals surface area contributed by atoms with Gasteiger partial charge in [0, 0.05) is 0 Å². The molecule has 1 aliphatic heterocycles. The smallest absolute Gasteiger partial charge is 0.293 e. The maximum atomic E-state index is 12.6. The van der Waals surface area contributed by atoms with Crippen molar-refractivity contribution in [1.82, 2.24) is 4.90 Å². The number of rotatable bonds is 4. The molecule has 0 radical (unpaired) electrons. The molecule has 26 heavy (non-hydrogen) atoms. The van der Waals surface area contributed by atoms with Crippen molar-refractivity contribution in [2.75, 3.05) is 7.11 Å². The van der Waals surface area contributed by atoms with Crippen LogP contribution in [0.15, 0.2) is 47.4 Å². The SMILES string of the molecule is COc1ccc(/C=C2/SC(=O)N(Cc3ccccc3C#N)C2=O)cc1I. The summed E-state index contributed by atoms with van der Waals surface area (Å²) >= 11 is 3.06. The topological polar surface area (TPSA) is 70.4 Å². The van der Waals surface area contributed by atoms with E-state index in [9.17, 15) is 14.9 Å². The van der Waals surface area contributed by atoms with Crippen LogP contribution in [0.25, 0.3) is 6.08 Å². The molecule has 0 atom stereocenters. The zero-order chi connectivity index (χ0) is 18.7. The molecule has 0 saturated carbocycles. The predicted molar refractivity (Wildman–Crippen MR) is 108 cm³/mol. The highest BCUT2D eigenvalue weighted by Gasteiger charge is 2.35. The van der Waals surface area contributed by atoms with Crippen molar-refractivity contribution in [3.8, 4) is 11.8 Å². The van der Waals surface area contributed by atoms with E-state index in [0.717, 1.165) is 26.6 Å². The molecule has 1 saturated heterocycles. The van der Waals surface area contributed by atoms with Crippen molar-refractivity contribution in [3.63, 3.8) is 0 Å². The zero-order valence-corrected chi connectivity index (χ0v) is 16.7. The summed E-state index contributed by atoms with van der Waals surface area (Å²) in [6.07, 6.45) is 1.70. The van der Waals surface area contributed by atoms with Crippen LogP contribution in [0.1, 0.15) is 16.7 Å². The first-order valence-electron chi connectivity index (χ1n) is 7.60. The molecule has 3 rings (SSSR count). The first-order valence-corrected chi connectivity index (χ1v) is 9.50. The quantitative estimate of drug-likeness (QED) is 0.483. The van der Waals surface area contributed by atoms with Gasteiger partial charge in [0.05, 0.1) is 33.8 Å². The van der Waals surface area contributed by atoms with Crippen LogP contribution in [0.3, 0.4) is 0 Å².